The maximum atomic E-state index is 5.99. The third-order valence-electron chi connectivity index (χ3n) is 3.36. The summed E-state index contributed by atoms with van der Waals surface area (Å²) in [5, 5.41) is 0. The van der Waals surface area contributed by atoms with E-state index in [0.717, 1.165) is 36.6 Å². The number of pyridine rings is 1. The summed E-state index contributed by atoms with van der Waals surface area (Å²) in [5.74, 6) is 1.55. The third kappa shape index (κ3) is 3.73. The molecule has 1 aromatic carbocycles. The van der Waals surface area contributed by atoms with E-state index in [1.165, 1.54) is 5.56 Å². The fraction of sp³-hybridized carbons (Fsp3) is 0.353. The van der Waals surface area contributed by atoms with Crippen LogP contribution in [0.25, 0.3) is 0 Å². The lowest BCUT2D eigenvalue weighted by atomic mass is 10.2. The molecule has 2 rings (SSSR count). The molecular weight excluding hydrogens is 268 g/mol. The summed E-state index contributed by atoms with van der Waals surface area (Å²) in [6, 6.07) is 14.7. The van der Waals surface area contributed by atoms with Gasteiger partial charge in [0.15, 0.2) is 0 Å². The molecule has 0 fully saturated rings. The minimum Gasteiger partial charge on any atom is -0.353 e. The van der Waals surface area contributed by atoms with Crippen LogP contribution in [0.5, 0.6) is 0 Å². The Morgan fingerprint density at radius 3 is 2.40 bits per heavy atom. The van der Waals surface area contributed by atoms with E-state index in [-0.39, 0.29) is 0 Å². The Hall–Kier alpha value is -1.54. The van der Waals surface area contributed by atoms with Gasteiger partial charge in [0, 0.05) is 24.7 Å². The van der Waals surface area contributed by atoms with Crippen LogP contribution < -0.4 is 4.90 Å². The van der Waals surface area contributed by atoms with Gasteiger partial charge in [0.05, 0.1) is 0 Å². The van der Waals surface area contributed by atoms with E-state index in [4.69, 9.17) is 16.6 Å². The first-order chi connectivity index (χ1) is 9.76. The number of alkyl halides is 1. The van der Waals surface area contributed by atoms with E-state index in [1.54, 1.807) is 0 Å². The van der Waals surface area contributed by atoms with Gasteiger partial charge in [0.2, 0.25) is 0 Å². The van der Waals surface area contributed by atoms with Crippen LogP contribution in [0.1, 0.15) is 30.7 Å². The van der Waals surface area contributed by atoms with E-state index >= 15 is 0 Å². The molecule has 0 saturated carbocycles. The molecule has 2 nitrogen and oxygen atoms in total. The molecule has 0 unspecified atom stereocenters. The number of halogens is 1. The van der Waals surface area contributed by atoms with Crippen LogP contribution in [0.4, 0.5) is 5.82 Å². The van der Waals surface area contributed by atoms with Crippen molar-refractivity contribution in [2.75, 3.05) is 11.4 Å². The largest absolute Gasteiger partial charge is 0.353 e. The summed E-state index contributed by atoms with van der Waals surface area (Å²) in [4.78, 5) is 7.02. The highest BCUT2D eigenvalue weighted by Crippen LogP contribution is 2.19. The third-order valence-corrected chi connectivity index (χ3v) is 3.67. The lowest BCUT2D eigenvalue weighted by molar-refractivity contribution is 0.805. The number of rotatable bonds is 6. The zero-order chi connectivity index (χ0) is 14.4. The number of aromatic nitrogens is 1. The van der Waals surface area contributed by atoms with Crippen LogP contribution in [-0.4, -0.2) is 11.5 Å². The molecule has 1 heterocycles. The molecule has 0 aliphatic carbocycles. The van der Waals surface area contributed by atoms with Gasteiger partial charge in [-0.1, -0.05) is 37.3 Å². The molecule has 20 heavy (non-hydrogen) atoms. The Bertz CT molecular complexity index is 518. The summed E-state index contributed by atoms with van der Waals surface area (Å²) >= 11 is 5.99. The minimum absolute atomic E-state index is 0.533. The first kappa shape index (κ1) is 14.9. The van der Waals surface area contributed by atoms with Crippen molar-refractivity contribution in [3.8, 4) is 0 Å². The topological polar surface area (TPSA) is 16.1 Å². The smallest absolute Gasteiger partial charge is 0.129 e. The number of nitrogens with zero attached hydrogens (tertiary/aromatic N) is 2. The van der Waals surface area contributed by atoms with Gasteiger partial charge < -0.3 is 4.90 Å². The van der Waals surface area contributed by atoms with Gasteiger partial charge in [-0.05, 0) is 36.6 Å². The van der Waals surface area contributed by atoms with Gasteiger partial charge in [0.1, 0.15) is 5.82 Å². The van der Waals surface area contributed by atoms with Crippen LogP contribution in [0.3, 0.4) is 0 Å². The first-order valence-corrected chi connectivity index (χ1v) is 7.65. The van der Waals surface area contributed by atoms with E-state index in [2.05, 4.69) is 55.1 Å². The van der Waals surface area contributed by atoms with Crippen molar-refractivity contribution < 1.29 is 0 Å². The van der Waals surface area contributed by atoms with E-state index in [1.807, 2.05) is 6.07 Å². The van der Waals surface area contributed by atoms with Crippen molar-refractivity contribution in [2.24, 2.45) is 0 Å². The van der Waals surface area contributed by atoms with Crippen LogP contribution in [-0.2, 0) is 18.8 Å². The Balaban J connectivity index is 2.26. The van der Waals surface area contributed by atoms with Crippen molar-refractivity contribution >= 4 is 17.4 Å². The molecule has 0 spiro atoms. The van der Waals surface area contributed by atoms with Crippen LogP contribution in [0, 0.1) is 0 Å². The van der Waals surface area contributed by atoms with Gasteiger partial charge in [0.25, 0.3) is 0 Å². The van der Waals surface area contributed by atoms with E-state index in [0.29, 0.717) is 5.88 Å². The second kappa shape index (κ2) is 7.30. The number of benzene rings is 1. The van der Waals surface area contributed by atoms with E-state index < -0.39 is 0 Å². The molecule has 0 amide bonds. The van der Waals surface area contributed by atoms with Crippen LogP contribution in [0.2, 0.25) is 0 Å². The Kier molecular flexibility index (Phi) is 5.42. The molecular formula is C17H21ClN2. The zero-order valence-electron chi connectivity index (χ0n) is 12.1. The predicted octanol–water partition coefficient (Wildman–Crippen LogP) is 4.41. The highest BCUT2D eigenvalue weighted by molar-refractivity contribution is 6.17. The summed E-state index contributed by atoms with van der Waals surface area (Å²) in [6.45, 7) is 6.08. The van der Waals surface area contributed by atoms with Crippen molar-refractivity contribution in [3.05, 3.63) is 59.3 Å². The summed E-state index contributed by atoms with van der Waals surface area (Å²) in [6.07, 6.45) is 0.931. The van der Waals surface area contributed by atoms with Gasteiger partial charge in [-0.2, -0.15) is 0 Å². The molecule has 0 aliphatic heterocycles. The molecule has 0 saturated heterocycles. The lowest BCUT2D eigenvalue weighted by Gasteiger charge is -2.23. The molecule has 106 valence electrons. The molecule has 0 atom stereocenters. The predicted molar refractivity (Wildman–Crippen MR) is 86.3 cm³/mol. The van der Waals surface area contributed by atoms with Gasteiger partial charge >= 0.3 is 0 Å². The maximum Gasteiger partial charge on any atom is 0.129 e. The zero-order valence-corrected chi connectivity index (χ0v) is 12.9. The second-order valence-corrected chi connectivity index (χ2v) is 5.08. The fourth-order valence-electron chi connectivity index (χ4n) is 2.21. The average Bonchev–Trinajstić information content (AvgIpc) is 2.53. The highest BCUT2D eigenvalue weighted by Gasteiger charge is 2.09. The lowest BCUT2D eigenvalue weighted by Crippen LogP contribution is -2.23. The molecule has 0 radical (unpaired) electrons. The quantitative estimate of drug-likeness (QED) is 0.732. The highest BCUT2D eigenvalue weighted by atomic mass is 35.5. The van der Waals surface area contributed by atoms with E-state index in [9.17, 15) is 0 Å². The van der Waals surface area contributed by atoms with Crippen LogP contribution in [0.15, 0.2) is 42.5 Å². The SMILES string of the molecule is CCc1cc(CCl)cc(N(CC)Cc2ccccc2)n1. The summed E-state index contributed by atoms with van der Waals surface area (Å²) in [5.41, 5.74) is 3.54. The van der Waals surface area contributed by atoms with Gasteiger partial charge in [-0.3, -0.25) is 0 Å². The summed E-state index contributed by atoms with van der Waals surface area (Å²) in [7, 11) is 0. The monoisotopic (exact) mass is 288 g/mol. The van der Waals surface area contributed by atoms with Crippen molar-refractivity contribution in [1.29, 1.82) is 0 Å². The average molecular weight is 289 g/mol. The number of aryl methyl sites for hydroxylation is 1. The molecule has 0 bridgehead atoms. The van der Waals surface area contributed by atoms with Crippen molar-refractivity contribution in [1.82, 2.24) is 4.98 Å². The number of hydrogen-bond donors (Lipinski definition) is 0. The number of anilines is 1. The maximum absolute atomic E-state index is 5.99. The Morgan fingerprint density at radius 2 is 1.80 bits per heavy atom. The molecule has 3 heteroatoms. The molecule has 0 N–H and O–H groups in total. The molecule has 2 aromatic rings. The normalized spacial score (nSPS) is 10.6. The molecule has 0 aliphatic rings. The van der Waals surface area contributed by atoms with Gasteiger partial charge in [-0.15, -0.1) is 11.6 Å². The first-order valence-electron chi connectivity index (χ1n) is 7.11. The van der Waals surface area contributed by atoms with Crippen LogP contribution >= 0.6 is 11.6 Å². The standard InChI is InChI=1S/C17H21ClN2/c1-3-16-10-15(12-18)11-17(19-16)20(4-2)13-14-8-6-5-7-9-14/h5-11H,3-4,12-13H2,1-2H3. The minimum atomic E-state index is 0.533. The summed E-state index contributed by atoms with van der Waals surface area (Å²) < 4.78 is 0. The van der Waals surface area contributed by atoms with Gasteiger partial charge in [-0.25, -0.2) is 4.98 Å². The second-order valence-electron chi connectivity index (χ2n) is 4.81. The number of hydrogen-bond acceptors (Lipinski definition) is 2. The Morgan fingerprint density at radius 1 is 1.05 bits per heavy atom. The van der Waals surface area contributed by atoms with Crippen molar-refractivity contribution in [3.63, 3.8) is 0 Å². The fourth-order valence-corrected chi connectivity index (χ4v) is 2.37. The van der Waals surface area contributed by atoms with Crippen molar-refractivity contribution in [2.45, 2.75) is 32.7 Å². The Labute approximate surface area is 126 Å². The molecule has 1 aromatic heterocycles.